The van der Waals surface area contributed by atoms with Gasteiger partial charge in [0.25, 0.3) is 5.91 Å². The zero-order chi connectivity index (χ0) is 27.8. The van der Waals surface area contributed by atoms with E-state index < -0.39 is 27.9 Å². The van der Waals surface area contributed by atoms with Crippen LogP contribution in [0.3, 0.4) is 0 Å². The summed E-state index contributed by atoms with van der Waals surface area (Å²) < 4.78 is 30.0. The predicted octanol–water partition coefficient (Wildman–Crippen LogP) is 5.61. The van der Waals surface area contributed by atoms with E-state index in [-0.39, 0.29) is 17.9 Å². The molecule has 1 aliphatic rings. The van der Waals surface area contributed by atoms with Crippen LogP contribution in [0, 0.1) is 27.7 Å². The maximum atomic E-state index is 14.3. The number of hydrogen-bond donors (Lipinski definition) is 0. The second-order valence-electron chi connectivity index (χ2n) is 10.5. The number of amides is 2. The number of aryl methyl sites for hydroxylation is 2. The van der Waals surface area contributed by atoms with Crippen molar-refractivity contribution < 1.29 is 18.0 Å². The highest BCUT2D eigenvalue weighted by Gasteiger charge is 2.47. The molecule has 0 aromatic heterocycles. The lowest BCUT2D eigenvalue weighted by molar-refractivity contribution is -0.122. The Labute approximate surface area is 226 Å². The SMILES string of the molecule is Cc1cc(C)c(C)c(S(=O)(=O)N(CCc2ccccc2)C2CC(=O)N(c3ccc(C(C)C)cc3)C2=O)c1C. The fraction of sp³-hybridized carbons (Fsp3) is 0.355. The van der Waals surface area contributed by atoms with E-state index in [1.54, 1.807) is 26.0 Å². The number of sulfonamides is 1. The number of carbonyl (C=O) groups excluding carboxylic acids is 2. The third-order valence-electron chi connectivity index (χ3n) is 7.62. The van der Waals surface area contributed by atoms with Crippen molar-refractivity contribution >= 4 is 27.5 Å². The van der Waals surface area contributed by atoms with Crippen LogP contribution in [0.2, 0.25) is 0 Å². The lowest BCUT2D eigenvalue weighted by Crippen LogP contribution is -2.46. The Balaban J connectivity index is 1.77. The summed E-state index contributed by atoms with van der Waals surface area (Å²) >= 11 is 0. The molecule has 38 heavy (non-hydrogen) atoms. The molecule has 200 valence electrons. The Kier molecular flexibility index (Phi) is 7.90. The molecule has 0 N–H and O–H groups in total. The van der Waals surface area contributed by atoms with Gasteiger partial charge in [0.2, 0.25) is 15.9 Å². The molecular weight excluding hydrogens is 496 g/mol. The first-order chi connectivity index (χ1) is 17.9. The van der Waals surface area contributed by atoms with Gasteiger partial charge in [0.15, 0.2) is 0 Å². The maximum absolute atomic E-state index is 14.3. The zero-order valence-electron chi connectivity index (χ0n) is 23.0. The van der Waals surface area contributed by atoms with Crippen LogP contribution in [-0.2, 0) is 26.0 Å². The van der Waals surface area contributed by atoms with Gasteiger partial charge >= 0.3 is 0 Å². The molecule has 0 radical (unpaired) electrons. The van der Waals surface area contributed by atoms with Crippen molar-refractivity contribution in [3.05, 3.63) is 94.0 Å². The van der Waals surface area contributed by atoms with Crippen molar-refractivity contribution in [2.24, 2.45) is 0 Å². The number of anilines is 1. The topological polar surface area (TPSA) is 74.8 Å². The number of rotatable bonds is 8. The Bertz CT molecular complexity index is 1440. The van der Waals surface area contributed by atoms with Gasteiger partial charge < -0.3 is 0 Å². The van der Waals surface area contributed by atoms with Crippen molar-refractivity contribution in [1.82, 2.24) is 4.31 Å². The summed E-state index contributed by atoms with van der Waals surface area (Å²) in [6.45, 7) is 11.6. The minimum absolute atomic E-state index is 0.0853. The third kappa shape index (κ3) is 5.18. The first-order valence-electron chi connectivity index (χ1n) is 13.0. The standard InChI is InChI=1S/C31H36N2O4S/c1-20(2)26-12-14-27(15-13-26)33-29(34)19-28(31(33)35)32(17-16-25-10-8-7-9-11-25)38(36,37)30-23(5)21(3)18-22(4)24(30)6/h7-15,18,20,28H,16-17,19H2,1-6H3. The minimum atomic E-state index is -4.11. The summed E-state index contributed by atoms with van der Waals surface area (Å²) in [7, 11) is -4.11. The van der Waals surface area contributed by atoms with E-state index in [1.165, 1.54) is 4.31 Å². The molecule has 3 aromatic rings. The third-order valence-corrected chi connectivity index (χ3v) is 9.80. The molecule has 1 fully saturated rings. The van der Waals surface area contributed by atoms with Gasteiger partial charge in [-0.3, -0.25) is 9.59 Å². The van der Waals surface area contributed by atoms with E-state index in [2.05, 4.69) is 13.8 Å². The van der Waals surface area contributed by atoms with Crippen molar-refractivity contribution in [3.8, 4) is 0 Å². The van der Waals surface area contributed by atoms with E-state index >= 15 is 0 Å². The zero-order valence-corrected chi connectivity index (χ0v) is 23.8. The van der Waals surface area contributed by atoms with Gasteiger partial charge in [0, 0.05) is 6.54 Å². The van der Waals surface area contributed by atoms with E-state index in [0.29, 0.717) is 29.2 Å². The average molecular weight is 533 g/mol. The normalized spacial score (nSPS) is 16.2. The molecule has 4 rings (SSSR count). The molecule has 6 nitrogen and oxygen atoms in total. The summed E-state index contributed by atoms with van der Waals surface area (Å²) in [5.41, 5.74) is 5.58. The monoisotopic (exact) mass is 532 g/mol. The molecule has 1 unspecified atom stereocenters. The Morgan fingerprint density at radius 1 is 0.895 bits per heavy atom. The molecule has 0 aliphatic carbocycles. The van der Waals surface area contributed by atoms with Crippen LogP contribution in [0.1, 0.15) is 59.6 Å². The van der Waals surface area contributed by atoms with Crippen LogP contribution in [0.15, 0.2) is 65.6 Å². The Hall–Kier alpha value is -3.29. The predicted molar refractivity (Wildman–Crippen MR) is 151 cm³/mol. The summed E-state index contributed by atoms with van der Waals surface area (Å²) in [6, 6.07) is 17.8. The van der Waals surface area contributed by atoms with Crippen LogP contribution < -0.4 is 4.90 Å². The van der Waals surface area contributed by atoms with Crippen molar-refractivity contribution in [1.29, 1.82) is 0 Å². The minimum Gasteiger partial charge on any atom is -0.274 e. The number of hydrogen-bond acceptors (Lipinski definition) is 4. The summed E-state index contributed by atoms with van der Waals surface area (Å²) in [5.74, 6) is -0.598. The lowest BCUT2D eigenvalue weighted by Gasteiger charge is -2.29. The fourth-order valence-corrected chi connectivity index (χ4v) is 7.29. The van der Waals surface area contributed by atoms with E-state index in [0.717, 1.165) is 27.2 Å². The van der Waals surface area contributed by atoms with Crippen LogP contribution >= 0.6 is 0 Å². The van der Waals surface area contributed by atoms with Gasteiger partial charge in [0.1, 0.15) is 6.04 Å². The second kappa shape index (κ2) is 10.8. The number of benzene rings is 3. The van der Waals surface area contributed by atoms with Gasteiger partial charge in [-0.2, -0.15) is 4.31 Å². The highest BCUT2D eigenvalue weighted by atomic mass is 32.2. The second-order valence-corrected chi connectivity index (χ2v) is 12.3. The molecule has 1 saturated heterocycles. The summed E-state index contributed by atoms with van der Waals surface area (Å²) in [5, 5.41) is 0. The van der Waals surface area contributed by atoms with Crippen LogP contribution in [0.4, 0.5) is 5.69 Å². The highest BCUT2D eigenvalue weighted by Crippen LogP contribution is 2.34. The molecule has 3 aromatic carbocycles. The lowest BCUT2D eigenvalue weighted by atomic mass is 10.0. The average Bonchev–Trinajstić information content (AvgIpc) is 3.16. The maximum Gasteiger partial charge on any atom is 0.252 e. The molecule has 1 heterocycles. The van der Waals surface area contributed by atoms with Crippen LogP contribution in [0.5, 0.6) is 0 Å². The Morgan fingerprint density at radius 3 is 2.03 bits per heavy atom. The van der Waals surface area contributed by atoms with Gasteiger partial charge in [-0.25, -0.2) is 13.3 Å². The van der Waals surface area contributed by atoms with Gasteiger partial charge in [0.05, 0.1) is 17.0 Å². The van der Waals surface area contributed by atoms with Crippen LogP contribution in [-0.4, -0.2) is 37.1 Å². The fourth-order valence-electron chi connectivity index (χ4n) is 5.13. The molecule has 1 atom stereocenters. The van der Waals surface area contributed by atoms with Gasteiger partial charge in [-0.15, -0.1) is 0 Å². The van der Waals surface area contributed by atoms with E-state index in [1.807, 2.05) is 62.4 Å². The van der Waals surface area contributed by atoms with E-state index in [9.17, 15) is 18.0 Å². The highest BCUT2D eigenvalue weighted by molar-refractivity contribution is 7.89. The van der Waals surface area contributed by atoms with Crippen molar-refractivity contribution in [2.45, 2.75) is 71.2 Å². The molecule has 0 bridgehead atoms. The number of nitrogens with zero attached hydrogens (tertiary/aromatic N) is 2. The quantitative estimate of drug-likeness (QED) is 0.354. The smallest absolute Gasteiger partial charge is 0.252 e. The molecular formula is C31H36N2O4S. The molecule has 2 amide bonds. The molecule has 1 aliphatic heterocycles. The van der Waals surface area contributed by atoms with Gasteiger partial charge in [-0.05, 0) is 85.5 Å². The molecule has 0 saturated carbocycles. The molecule has 0 spiro atoms. The summed E-state index contributed by atoms with van der Waals surface area (Å²) in [4.78, 5) is 28.3. The van der Waals surface area contributed by atoms with Crippen molar-refractivity contribution in [3.63, 3.8) is 0 Å². The van der Waals surface area contributed by atoms with E-state index in [4.69, 9.17) is 0 Å². The first kappa shape index (κ1) is 27.7. The Morgan fingerprint density at radius 2 is 1.47 bits per heavy atom. The number of imide groups is 1. The van der Waals surface area contributed by atoms with Gasteiger partial charge in [-0.1, -0.05) is 62.4 Å². The molecule has 7 heteroatoms. The van der Waals surface area contributed by atoms with Crippen molar-refractivity contribution in [2.75, 3.05) is 11.4 Å². The van der Waals surface area contributed by atoms with Crippen LogP contribution in [0.25, 0.3) is 0 Å². The first-order valence-corrected chi connectivity index (χ1v) is 14.5. The summed E-state index contributed by atoms with van der Waals surface area (Å²) in [6.07, 6.45) is 0.228. The number of carbonyl (C=O) groups is 2. The largest absolute Gasteiger partial charge is 0.274 e.